The third-order valence-electron chi connectivity index (χ3n) is 1.30. The molecule has 1 atom stereocenters. The van der Waals surface area contributed by atoms with Crippen molar-refractivity contribution >= 4 is 19.5 Å². The molecule has 0 bridgehead atoms. The Morgan fingerprint density at radius 1 is 1.47 bits per heavy atom. The number of carboxylic acid groups (broad SMARTS) is 1. The number of carbonyl (C=O) groups is 2. The van der Waals surface area contributed by atoms with E-state index < -0.39 is 31.7 Å². The van der Waals surface area contributed by atoms with Crippen molar-refractivity contribution in [2.24, 2.45) is 0 Å². The van der Waals surface area contributed by atoms with Crippen molar-refractivity contribution < 1.29 is 29.0 Å². The van der Waals surface area contributed by atoms with Crippen LogP contribution in [-0.4, -0.2) is 39.0 Å². The Bertz CT molecular complexity index is 319. The van der Waals surface area contributed by atoms with E-state index in [0.717, 1.165) is 19.1 Å². The van der Waals surface area contributed by atoms with E-state index in [1.807, 2.05) is 0 Å². The van der Waals surface area contributed by atoms with Gasteiger partial charge < -0.3 is 20.2 Å². The molecule has 0 aromatic rings. The van der Waals surface area contributed by atoms with Gasteiger partial charge in [-0.2, -0.15) is 0 Å². The van der Waals surface area contributed by atoms with Crippen LogP contribution in [0.4, 0.5) is 0 Å². The topological polar surface area (TPSA) is 124 Å². The maximum absolute atomic E-state index is 10.6. The predicted octanol–water partition coefficient (Wildman–Crippen LogP) is -0.690. The second-order valence-corrected chi connectivity index (χ2v) is 4.49. The van der Waals surface area contributed by atoms with E-state index >= 15 is 0 Å². The molecule has 0 aromatic heterocycles. The van der Waals surface area contributed by atoms with E-state index in [2.05, 4.69) is 5.32 Å². The second kappa shape index (κ2) is 5.65. The van der Waals surface area contributed by atoms with Gasteiger partial charge in [0, 0.05) is 6.92 Å². The largest absolute Gasteiger partial charge is 0.479 e. The van der Waals surface area contributed by atoms with Crippen LogP contribution in [0.25, 0.3) is 0 Å². The molecule has 15 heavy (non-hydrogen) atoms. The lowest BCUT2D eigenvalue weighted by Crippen LogP contribution is -2.37. The summed E-state index contributed by atoms with van der Waals surface area (Å²) in [6.45, 7) is 1.15. The highest BCUT2D eigenvalue weighted by atomic mass is 31.2. The molecule has 8 heteroatoms. The first kappa shape index (κ1) is 13.8. The fourth-order valence-corrected chi connectivity index (χ4v) is 1.14. The molecule has 0 rings (SSSR count). The van der Waals surface area contributed by atoms with Gasteiger partial charge in [0.25, 0.3) is 0 Å². The summed E-state index contributed by atoms with van der Waals surface area (Å²) in [4.78, 5) is 38.0. The van der Waals surface area contributed by atoms with E-state index in [9.17, 15) is 14.2 Å². The highest BCUT2D eigenvalue weighted by Gasteiger charge is 2.15. The van der Waals surface area contributed by atoms with Crippen LogP contribution >= 0.6 is 7.60 Å². The minimum atomic E-state index is -4.18. The average Bonchev–Trinajstić information content (AvgIpc) is 1.99. The van der Waals surface area contributed by atoms with Crippen molar-refractivity contribution in [3.05, 3.63) is 12.2 Å². The molecule has 0 aliphatic rings. The quantitative estimate of drug-likeness (QED) is 0.370. The lowest BCUT2D eigenvalue weighted by molar-refractivity contribution is -0.140. The zero-order valence-electron chi connectivity index (χ0n) is 7.95. The van der Waals surface area contributed by atoms with E-state index in [0.29, 0.717) is 0 Å². The molecular weight excluding hydrogens is 225 g/mol. The molecule has 0 heterocycles. The first-order valence-electron chi connectivity index (χ1n) is 3.93. The van der Waals surface area contributed by atoms with E-state index in [4.69, 9.17) is 14.9 Å². The van der Waals surface area contributed by atoms with E-state index in [1.54, 1.807) is 0 Å². The number of nitrogens with one attached hydrogen (secondary N) is 1. The predicted molar refractivity (Wildman–Crippen MR) is 51.3 cm³/mol. The van der Waals surface area contributed by atoms with Crippen molar-refractivity contribution in [3.63, 3.8) is 0 Å². The van der Waals surface area contributed by atoms with Crippen LogP contribution < -0.4 is 5.32 Å². The molecule has 0 aliphatic heterocycles. The normalized spacial score (nSPS) is 13.8. The molecule has 4 N–H and O–H groups in total. The Morgan fingerprint density at radius 3 is 2.33 bits per heavy atom. The number of rotatable bonds is 5. The summed E-state index contributed by atoms with van der Waals surface area (Å²) in [6, 6.07) is -1.27. The molecule has 0 radical (unpaired) electrons. The van der Waals surface area contributed by atoms with Gasteiger partial charge in [-0.25, -0.2) is 4.79 Å². The molecule has 0 aromatic carbocycles. The van der Waals surface area contributed by atoms with Crippen molar-refractivity contribution in [1.29, 1.82) is 0 Å². The molecule has 0 fully saturated rings. The lowest BCUT2D eigenvalue weighted by Gasteiger charge is -2.07. The van der Waals surface area contributed by atoms with Crippen molar-refractivity contribution in [1.82, 2.24) is 5.32 Å². The molecule has 86 valence electrons. The van der Waals surface area contributed by atoms with E-state index in [1.165, 1.54) is 0 Å². The van der Waals surface area contributed by atoms with Crippen LogP contribution in [0.15, 0.2) is 12.2 Å². The zero-order valence-corrected chi connectivity index (χ0v) is 8.85. The summed E-state index contributed by atoms with van der Waals surface area (Å²) >= 11 is 0. The Morgan fingerprint density at radius 2 is 2.00 bits per heavy atom. The number of carboxylic acids is 1. The molecule has 0 saturated heterocycles. The number of hydrogen-bond acceptors (Lipinski definition) is 3. The summed E-state index contributed by atoms with van der Waals surface area (Å²) < 4.78 is 10.4. The van der Waals surface area contributed by atoms with Gasteiger partial charge in [-0.15, -0.1) is 0 Å². The van der Waals surface area contributed by atoms with Crippen LogP contribution in [0.2, 0.25) is 0 Å². The summed E-state index contributed by atoms with van der Waals surface area (Å²) in [5.74, 6) is -1.84. The van der Waals surface area contributed by atoms with Crippen LogP contribution in [0.3, 0.4) is 0 Å². The highest BCUT2D eigenvalue weighted by molar-refractivity contribution is 7.51. The minimum absolute atomic E-state index is 0.539. The fraction of sp³-hybridized carbons (Fsp3) is 0.429. The smallest absolute Gasteiger partial charge is 0.330 e. The molecular formula is C7H12NO6P. The van der Waals surface area contributed by atoms with Gasteiger partial charge in [0.2, 0.25) is 5.91 Å². The zero-order chi connectivity index (χ0) is 12.1. The SMILES string of the molecule is CC(=O)N[C@@H](/C=C\CP(=O)(O)O)C(=O)O. The summed E-state index contributed by atoms with van der Waals surface area (Å²) in [5.41, 5.74) is 0. The third-order valence-corrected chi connectivity index (χ3v) is 1.98. The molecule has 0 spiro atoms. The Labute approximate surface area is 86.0 Å². The first-order chi connectivity index (χ1) is 6.72. The van der Waals surface area contributed by atoms with Crippen LogP contribution in [0.1, 0.15) is 6.92 Å². The van der Waals surface area contributed by atoms with Gasteiger partial charge in [0.05, 0.1) is 6.16 Å². The molecule has 1 amide bonds. The minimum Gasteiger partial charge on any atom is -0.479 e. The van der Waals surface area contributed by atoms with Gasteiger partial charge in [-0.05, 0) is 0 Å². The van der Waals surface area contributed by atoms with Gasteiger partial charge in [-0.1, -0.05) is 12.2 Å². The highest BCUT2D eigenvalue weighted by Crippen LogP contribution is 2.33. The Hall–Kier alpha value is -1.17. The van der Waals surface area contributed by atoms with Crippen LogP contribution in [0, 0.1) is 0 Å². The maximum atomic E-state index is 10.6. The Kier molecular flexibility index (Phi) is 5.21. The molecule has 7 nitrogen and oxygen atoms in total. The summed E-state index contributed by atoms with van der Waals surface area (Å²) in [5, 5.41) is 10.7. The van der Waals surface area contributed by atoms with Gasteiger partial charge in [0.1, 0.15) is 6.04 Å². The standard InChI is InChI=1S/C7H12NO6P/c1-5(9)8-6(7(10)11)3-2-4-15(12,13)14/h2-3,6H,4H2,1H3,(H,8,9)(H,10,11)(H2,12,13,14)/b3-2-/t6-/m0/s1. The van der Waals surface area contributed by atoms with E-state index in [-0.39, 0.29) is 0 Å². The monoisotopic (exact) mass is 237 g/mol. The number of amides is 1. The van der Waals surface area contributed by atoms with Gasteiger partial charge in [-0.3, -0.25) is 9.36 Å². The molecule has 0 aliphatic carbocycles. The maximum Gasteiger partial charge on any atom is 0.330 e. The van der Waals surface area contributed by atoms with Crippen LogP contribution in [0.5, 0.6) is 0 Å². The fourth-order valence-electron chi connectivity index (χ4n) is 0.745. The van der Waals surface area contributed by atoms with Crippen molar-refractivity contribution in [3.8, 4) is 0 Å². The number of allylic oxidation sites excluding steroid dienone is 1. The third kappa shape index (κ3) is 7.87. The average molecular weight is 237 g/mol. The number of aliphatic carboxylic acids is 1. The number of carbonyl (C=O) groups excluding carboxylic acids is 1. The summed E-state index contributed by atoms with van der Waals surface area (Å²) in [6.07, 6.45) is 1.48. The number of hydrogen-bond donors (Lipinski definition) is 4. The molecule has 0 saturated carbocycles. The van der Waals surface area contributed by atoms with Crippen LogP contribution in [-0.2, 0) is 14.2 Å². The Balaban J connectivity index is 4.35. The first-order valence-corrected chi connectivity index (χ1v) is 5.73. The van der Waals surface area contributed by atoms with Crippen molar-refractivity contribution in [2.45, 2.75) is 13.0 Å². The second-order valence-electron chi connectivity index (χ2n) is 2.79. The van der Waals surface area contributed by atoms with Gasteiger partial charge in [0.15, 0.2) is 0 Å². The lowest BCUT2D eigenvalue weighted by atomic mass is 10.2. The van der Waals surface area contributed by atoms with Crippen molar-refractivity contribution in [2.75, 3.05) is 6.16 Å². The summed E-state index contributed by atoms with van der Waals surface area (Å²) in [7, 11) is -4.18. The molecule has 0 unspecified atom stereocenters. The van der Waals surface area contributed by atoms with Gasteiger partial charge >= 0.3 is 13.6 Å².